The Hall–Kier alpha value is -3.36. The van der Waals surface area contributed by atoms with Crippen LogP contribution in [0, 0.1) is 0 Å². The SMILES string of the molecule is CC[C@H](C(=O)N[C@@H](C)CC)N(Cc1ccccc1Cl)C(=O)CN(c1ccccc1)S(=O)(=O)c1ccccc1. The van der Waals surface area contributed by atoms with Crippen molar-refractivity contribution in [3.05, 3.63) is 95.5 Å². The zero-order valence-electron chi connectivity index (χ0n) is 21.9. The average Bonchev–Trinajstić information content (AvgIpc) is 2.93. The van der Waals surface area contributed by atoms with E-state index in [1.165, 1.54) is 17.0 Å². The van der Waals surface area contributed by atoms with Crippen molar-refractivity contribution in [3.8, 4) is 0 Å². The van der Waals surface area contributed by atoms with Gasteiger partial charge in [0, 0.05) is 17.6 Å². The van der Waals surface area contributed by atoms with Gasteiger partial charge in [-0.2, -0.15) is 0 Å². The zero-order valence-corrected chi connectivity index (χ0v) is 23.5. The lowest BCUT2D eigenvalue weighted by Crippen LogP contribution is -2.53. The van der Waals surface area contributed by atoms with Gasteiger partial charge in [-0.15, -0.1) is 0 Å². The predicted molar refractivity (Wildman–Crippen MR) is 151 cm³/mol. The molecule has 0 unspecified atom stereocenters. The number of halogens is 1. The molecule has 3 aromatic rings. The Balaban J connectivity index is 2.03. The van der Waals surface area contributed by atoms with Crippen LogP contribution in [-0.2, 0) is 26.2 Å². The molecular formula is C29H34ClN3O4S. The van der Waals surface area contributed by atoms with E-state index in [9.17, 15) is 18.0 Å². The summed E-state index contributed by atoms with van der Waals surface area (Å²) >= 11 is 6.42. The molecule has 0 aliphatic rings. The molecule has 3 aromatic carbocycles. The highest BCUT2D eigenvalue weighted by Crippen LogP contribution is 2.25. The van der Waals surface area contributed by atoms with E-state index in [1.54, 1.807) is 72.8 Å². The van der Waals surface area contributed by atoms with Crippen LogP contribution in [0.4, 0.5) is 5.69 Å². The van der Waals surface area contributed by atoms with Gasteiger partial charge < -0.3 is 10.2 Å². The molecule has 2 amide bonds. The van der Waals surface area contributed by atoms with E-state index in [0.717, 1.165) is 10.7 Å². The van der Waals surface area contributed by atoms with E-state index in [0.29, 0.717) is 22.7 Å². The number of sulfonamides is 1. The van der Waals surface area contributed by atoms with Crippen molar-refractivity contribution < 1.29 is 18.0 Å². The number of hydrogen-bond acceptors (Lipinski definition) is 4. The van der Waals surface area contributed by atoms with Gasteiger partial charge in [-0.3, -0.25) is 13.9 Å². The van der Waals surface area contributed by atoms with Crippen molar-refractivity contribution in [2.24, 2.45) is 0 Å². The number of carbonyl (C=O) groups is 2. The second kappa shape index (κ2) is 13.4. The Kier molecular flexibility index (Phi) is 10.3. The van der Waals surface area contributed by atoms with Crippen LogP contribution in [0.2, 0.25) is 5.02 Å². The Morgan fingerprint density at radius 3 is 2.03 bits per heavy atom. The van der Waals surface area contributed by atoms with Gasteiger partial charge in [0.25, 0.3) is 10.0 Å². The predicted octanol–water partition coefficient (Wildman–Crippen LogP) is 5.26. The van der Waals surface area contributed by atoms with Gasteiger partial charge in [0.1, 0.15) is 12.6 Å². The second-order valence-corrected chi connectivity index (χ2v) is 11.3. The van der Waals surface area contributed by atoms with Crippen molar-refractivity contribution >= 4 is 39.1 Å². The minimum absolute atomic E-state index is 0.0545. The first-order valence-corrected chi connectivity index (χ1v) is 14.5. The summed E-state index contributed by atoms with van der Waals surface area (Å²) in [4.78, 5) is 28.7. The lowest BCUT2D eigenvalue weighted by atomic mass is 10.1. The summed E-state index contributed by atoms with van der Waals surface area (Å²) in [5.74, 6) is -0.807. The lowest BCUT2D eigenvalue weighted by Gasteiger charge is -2.34. The average molecular weight is 556 g/mol. The summed E-state index contributed by atoms with van der Waals surface area (Å²) < 4.78 is 28.5. The number of rotatable bonds is 12. The van der Waals surface area contributed by atoms with E-state index >= 15 is 0 Å². The molecule has 0 saturated carbocycles. The van der Waals surface area contributed by atoms with E-state index in [1.807, 2.05) is 20.8 Å². The first kappa shape index (κ1) is 29.2. The number of amides is 2. The standard InChI is InChI=1S/C29H34ClN3O4S/c1-4-22(3)31-29(35)27(5-2)32(20-23-14-12-13-19-26(23)30)28(34)21-33(24-15-8-6-9-16-24)38(36,37)25-17-10-7-11-18-25/h6-19,22,27H,4-5,20-21H2,1-3H3,(H,31,35)/t22-,27+/m0/s1. The van der Waals surface area contributed by atoms with Crippen LogP contribution in [0.5, 0.6) is 0 Å². The Labute approximate surface area is 230 Å². The lowest BCUT2D eigenvalue weighted by molar-refractivity contribution is -0.140. The van der Waals surface area contributed by atoms with Crippen molar-refractivity contribution in [2.75, 3.05) is 10.8 Å². The number of nitrogens with one attached hydrogen (secondary N) is 1. The highest BCUT2D eigenvalue weighted by molar-refractivity contribution is 7.92. The van der Waals surface area contributed by atoms with Crippen LogP contribution in [0.25, 0.3) is 0 Å². The van der Waals surface area contributed by atoms with Crippen LogP contribution in [0.15, 0.2) is 89.8 Å². The zero-order chi connectivity index (χ0) is 27.7. The fourth-order valence-electron chi connectivity index (χ4n) is 4.01. The summed E-state index contributed by atoms with van der Waals surface area (Å²) in [7, 11) is -4.08. The van der Waals surface area contributed by atoms with Gasteiger partial charge >= 0.3 is 0 Å². The first-order chi connectivity index (χ1) is 18.2. The molecule has 0 fully saturated rings. The smallest absolute Gasteiger partial charge is 0.264 e. The maximum absolute atomic E-state index is 14.0. The molecule has 2 atom stereocenters. The summed E-state index contributed by atoms with van der Waals surface area (Å²) in [5, 5.41) is 3.42. The van der Waals surface area contributed by atoms with E-state index < -0.39 is 28.5 Å². The largest absolute Gasteiger partial charge is 0.352 e. The Morgan fingerprint density at radius 1 is 0.868 bits per heavy atom. The number of hydrogen-bond donors (Lipinski definition) is 1. The molecule has 38 heavy (non-hydrogen) atoms. The fourth-order valence-corrected chi connectivity index (χ4v) is 5.64. The monoisotopic (exact) mass is 555 g/mol. The molecule has 0 aliphatic carbocycles. The summed E-state index contributed by atoms with van der Waals surface area (Å²) in [6, 6.07) is 22.7. The molecule has 0 aliphatic heterocycles. The van der Waals surface area contributed by atoms with E-state index in [2.05, 4.69) is 5.32 Å². The van der Waals surface area contributed by atoms with Crippen LogP contribution >= 0.6 is 11.6 Å². The molecule has 1 N–H and O–H groups in total. The maximum Gasteiger partial charge on any atom is 0.264 e. The van der Waals surface area contributed by atoms with Gasteiger partial charge in [-0.1, -0.05) is 80.0 Å². The van der Waals surface area contributed by atoms with Gasteiger partial charge in [0.15, 0.2) is 0 Å². The summed E-state index contributed by atoms with van der Waals surface area (Å²) in [6.07, 6.45) is 1.08. The van der Waals surface area contributed by atoms with Crippen molar-refractivity contribution in [3.63, 3.8) is 0 Å². The van der Waals surface area contributed by atoms with Crippen molar-refractivity contribution in [1.29, 1.82) is 0 Å². The third kappa shape index (κ3) is 7.14. The molecule has 0 aromatic heterocycles. The normalized spacial score (nSPS) is 12.8. The van der Waals surface area contributed by atoms with Crippen LogP contribution in [0.3, 0.4) is 0 Å². The van der Waals surface area contributed by atoms with Crippen molar-refractivity contribution in [2.45, 2.75) is 57.1 Å². The van der Waals surface area contributed by atoms with Gasteiger partial charge in [-0.25, -0.2) is 8.42 Å². The van der Waals surface area contributed by atoms with E-state index in [-0.39, 0.29) is 23.4 Å². The first-order valence-electron chi connectivity index (χ1n) is 12.6. The molecule has 3 rings (SSSR count). The molecule has 0 saturated heterocycles. The summed E-state index contributed by atoms with van der Waals surface area (Å²) in [5.41, 5.74) is 1.01. The number of benzene rings is 3. The number of carbonyl (C=O) groups excluding carboxylic acids is 2. The second-order valence-electron chi connectivity index (χ2n) is 9.02. The molecule has 0 bridgehead atoms. The highest BCUT2D eigenvalue weighted by atomic mass is 35.5. The molecule has 202 valence electrons. The molecular weight excluding hydrogens is 522 g/mol. The van der Waals surface area contributed by atoms with Gasteiger partial charge in [-0.05, 0) is 55.7 Å². The molecule has 0 heterocycles. The minimum Gasteiger partial charge on any atom is -0.352 e. The number of para-hydroxylation sites is 1. The van der Waals surface area contributed by atoms with Crippen LogP contribution in [0.1, 0.15) is 39.2 Å². The third-order valence-electron chi connectivity index (χ3n) is 6.34. The quantitative estimate of drug-likeness (QED) is 0.330. The van der Waals surface area contributed by atoms with Gasteiger partial charge in [0.2, 0.25) is 11.8 Å². The molecule has 0 spiro atoms. The summed E-state index contributed by atoms with van der Waals surface area (Å²) in [6.45, 7) is 5.25. The molecule has 9 heteroatoms. The molecule has 0 radical (unpaired) electrons. The highest BCUT2D eigenvalue weighted by Gasteiger charge is 2.34. The Morgan fingerprint density at radius 2 is 1.45 bits per heavy atom. The van der Waals surface area contributed by atoms with Crippen LogP contribution < -0.4 is 9.62 Å². The fraction of sp³-hybridized carbons (Fsp3) is 0.310. The maximum atomic E-state index is 14.0. The molecule has 7 nitrogen and oxygen atoms in total. The van der Waals surface area contributed by atoms with Crippen LogP contribution in [-0.4, -0.2) is 43.8 Å². The van der Waals surface area contributed by atoms with Gasteiger partial charge in [0.05, 0.1) is 10.6 Å². The topological polar surface area (TPSA) is 86.8 Å². The van der Waals surface area contributed by atoms with E-state index in [4.69, 9.17) is 11.6 Å². The van der Waals surface area contributed by atoms with Crippen molar-refractivity contribution in [1.82, 2.24) is 10.2 Å². The third-order valence-corrected chi connectivity index (χ3v) is 8.50. The minimum atomic E-state index is -4.08. The number of nitrogens with zero attached hydrogens (tertiary/aromatic N) is 2. The Bertz CT molecular complexity index is 1320. The number of anilines is 1.